The first kappa shape index (κ1) is 16.8. The Bertz CT molecular complexity index is 591. The Labute approximate surface area is 142 Å². The van der Waals surface area contributed by atoms with Crippen LogP contribution in [0, 0.1) is 5.82 Å². The molecule has 1 N–H and O–H groups in total. The van der Waals surface area contributed by atoms with E-state index in [2.05, 4.69) is 33.4 Å². The molecule has 112 valence electrons. The maximum absolute atomic E-state index is 13.9. The van der Waals surface area contributed by atoms with Gasteiger partial charge in [-0.15, -0.1) is 11.8 Å². The molecule has 0 heterocycles. The highest BCUT2D eigenvalue weighted by atomic mass is 79.9. The minimum Gasteiger partial charge on any atom is -0.316 e. The monoisotopic (exact) mass is 387 g/mol. The molecule has 0 fully saturated rings. The van der Waals surface area contributed by atoms with Crippen molar-refractivity contribution in [3.05, 3.63) is 63.3 Å². The molecule has 0 saturated carbocycles. The fourth-order valence-corrected chi connectivity index (χ4v) is 3.41. The van der Waals surface area contributed by atoms with Crippen molar-refractivity contribution < 1.29 is 4.39 Å². The maximum atomic E-state index is 13.9. The molecule has 0 radical (unpaired) electrons. The van der Waals surface area contributed by atoms with Gasteiger partial charge in [-0.25, -0.2) is 4.39 Å². The molecule has 1 nitrogen and oxygen atoms in total. The molecule has 0 aliphatic carbocycles. The fraction of sp³-hybridized carbons (Fsp3) is 0.250. The van der Waals surface area contributed by atoms with Crippen molar-refractivity contribution in [2.24, 2.45) is 0 Å². The van der Waals surface area contributed by atoms with E-state index >= 15 is 0 Å². The number of thioether (sulfide) groups is 1. The van der Waals surface area contributed by atoms with Crippen LogP contribution < -0.4 is 5.32 Å². The molecule has 1 atom stereocenters. The molecule has 0 aromatic heterocycles. The normalized spacial score (nSPS) is 12.4. The van der Waals surface area contributed by atoms with Crippen LogP contribution in [0.1, 0.15) is 5.56 Å². The lowest BCUT2D eigenvalue weighted by atomic mass is 10.1. The van der Waals surface area contributed by atoms with Gasteiger partial charge in [-0.2, -0.15) is 0 Å². The van der Waals surface area contributed by atoms with Crippen molar-refractivity contribution in [3.63, 3.8) is 0 Å². The highest BCUT2D eigenvalue weighted by Crippen LogP contribution is 2.23. The largest absolute Gasteiger partial charge is 0.316 e. The summed E-state index contributed by atoms with van der Waals surface area (Å²) in [5.74, 6) is 0.553. The molecule has 2 rings (SSSR count). The van der Waals surface area contributed by atoms with Crippen molar-refractivity contribution in [2.75, 3.05) is 12.8 Å². The van der Waals surface area contributed by atoms with Gasteiger partial charge in [0.1, 0.15) is 5.82 Å². The third kappa shape index (κ3) is 4.99. The molecule has 2 aromatic rings. The standard InChI is InChI=1S/C16H16BrClFNS/c1-20-13(9-11-3-2-4-15(18)16(11)19)10-21-14-7-5-12(17)6-8-14/h2-8,13,20H,9-10H2,1H3. The van der Waals surface area contributed by atoms with Gasteiger partial charge in [-0.1, -0.05) is 39.7 Å². The lowest BCUT2D eigenvalue weighted by Crippen LogP contribution is -2.30. The highest BCUT2D eigenvalue weighted by molar-refractivity contribution is 9.10. The minimum absolute atomic E-state index is 0.183. The first-order chi connectivity index (χ1) is 10.1. The summed E-state index contributed by atoms with van der Waals surface area (Å²) in [5, 5.41) is 3.42. The predicted molar refractivity (Wildman–Crippen MR) is 92.8 cm³/mol. The summed E-state index contributed by atoms with van der Waals surface area (Å²) in [6.45, 7) is 0. The summed E-state index contributed by atoms with van der Waals surface area (Å²) >= 11 is 11.0. The summed E-state index contributed by atoms with van der Waals surface area (Å²) in [5.41, 5.74) is 0.651. The van der Waals surface area contributed by atoms with E-state index in [4.69, 9.17) is 11.6 Å². The molecule has 0 saturated heterocycles. The van der Waals surface area contributed by atoms with E-state index in [9.17, 15) is 4.39 Å². The number of hydrogen-bond acceptors (Lipinski definition) is 2. The van der Waals surface area contributed by atoms with Gasteiger partial charge in [0.15, 0.2) is 0 Å². The molecule has 0 amide bonds. The summed E-state index contributed by atoms with van der Waals surface area (Å²) in [7, 11) is 1.90. The number of likely N-dealkylation sites (N-methyl/N-ethyl adjacent to an activating group) is 1. The highest BCUT2D eigenvalue weighted by Gasteiger charge is 2.13. The summed E-state index contributed by atoms with van der Waals surface area (Å²) < 4.78 is 15.0. The van der Waals surface area contributed by atoms with Crippen LogP contribution in [0.3, 0.4) is 0 Å². The van der Waals surface area contributed by atoms with Gasteiger partial charge in [0.05, 0.1) is 5.02 Å². The molecule has 1 unspecified atom stereocenters. The Kier molecular flexibility index (Phi) is 6.55. The first-order valence-electron chi connectivity index (χ1n) is 6.58. The summed E-state index contributed by atoms with van der Waals surface area (Å²) in [4.78, 5) is 1.20. The Morgan fingerprint density at radius 1 is 1.24 bits per heavy atom. The van der Waals surface area contributed by atoms with Gasteiger partial charge in [0, 0.05) is 21.2 Å². The van der Waals surface area contributed by atoms with Gasteiger partial charge in [-0.05, 0) is 49.4 Å². The second kappa shape index (κ2) is 8.18. The lowest BCUT2D eigenvalue weighted by Gasteiger charge is -2.16. The van der Waals surface area contributed by atoms with Crippen molar-refractivity contribution in [1.29, 1.82) is 0 Å². The Morgan fingerprint density at radius 2 is 1.95 bits per heavy atom. The average molecular weight is 389 g/mol. The number of halogens is 3. The fourth-order valence-electron chi connectivity index (χ4n) is 1.94. The molecule has 2 aromatic carbocycles. The van der Waals surface area contributed by atoms with Crippen LogP contribution in [-0.2, 0) is 6.42 Å². The maximum Gasteiger partial charge on any atom is 0.145 e. The van der Waals surface area contributed by atoms with Crippen LogP contribution in [0.5, 0.6) is 0 Å². The Balaban J connectivity index is 1.97. The topological polar surface area (TPSA) is 12.0 Å². The zero-order chi connectivity index (χ0) is 15.2. The van der Waals surface area contributed by atoms with Gasteiger partial charge >= 0.3 is 0 Å². The third-order valence-corrected chi connectivity index (χ3v) is 5.17. The number of hydrogen-bond donors (Lipinski definition) is 1. The van der Waals surface area contributed by atoms with Crippen LogP contribution in [0.25, 0.3) is 0 Å². The van der Waals surface area contributed by atoms with Crippen LogP contribution in [0.2, 0.25) is 5.02 Å². The molecule has 5 heteroatoms. The Morgan fingerprint density at radius 3 is 2.62 bits per heavy atom. The first-order valence-corrected chi connectivity index (χ1v) is 8.74. The third-order valence-electron chi connectivity index (χ3n) is 3.17. The van der Waals surface area contributed by atoms with E-state index in [-0.39, 0.29) is 16.9 Å². The van der Waals surface area contributed by atoms with E-state index in [0.29, 0.717) is 12.0 Å². The Hall–Kier alpha value is -0.550. The van der Waals surface area contributed by atoms with Crippen LogP contribution in [0.15, 0.2) is 51.8 Å². The van der Waals surface area contributed by atoms with E-state index < -0.39 is 0 Å². The van der Waals surface area contributed by atoms with Crippen molar-refractivity contribution in [3.8, 4) is 0 Å². The minimum atomic E-state index is -0.312. The second-order valence-electron chi connectivity index (χ2n) is 4.67. The summed E-state index contributed by atoms with van der Waals surface area (Å²) in [6, 6.07) is 13.5. The van der Waals surface area contributed by atoms with E-state index in [1.165, 1.54) is 4.90 Å². The zero-order valence-corrected chi connectivity index (χ0v) is 14.7. The number of nitrogens with one attached hydrogen (secondary N) is 1. The quantitative estimate of drug-likeness (QED) is 0.686. The van der Waals surface area contributed by atoms with Crippen molar-refractivity contribution in [2.45, 2.75) is 17.4 Å². The van der Waals surface area contributed by atoms with Crippen molar-refractivity contribution in [1.82, 2.24) is 5.32 Å². The van der Waals surface area contributed by atoms with Crippen molar-refractivity contribution >= 4 is 39.3 Å². The second-order valence-corrected chi connectivity index (χ2v) is 7.08. The lowest BCUT2D eigenvalue weighted by molar-refractivity contribution is 0.568. The zero-order valence-electron chi connectivity index (χ0n) is 11.6. The number of benzene rings is 2. The van der Waals surface area contributed by atoms with E-state index in [0.717, 1.165) is 10.2 Å². The van der Waals surface area contributed by atoms with Crippen LogP contribution >= 0.6 is 39.3 Å². The molecule has 0 aliphatic heterocycles. The van der Waals surface area contributed by atoms with E-state index in [1.807, 2.05) is 19.2 Å². The summed E-state index contributed by atoms with van der Waals surface area (Å²) in [6.07, 6.45) is 0.617. The molecule has 0 bridgehead atoms. The smallest absolute Gasteiger partial charge is 0.145 e. The molecule has 0 aliphatic rings. The SMILES string of the molecule is CNC(CSc1ccc(Br)cc1)Cc1cccc(Cl)c1F. The molecule has 0 spiro atoms. The molecular weight excluding hydrogens is 373 g/mol. The van der Waals surface area contributed by atoms with Gasteiger partial charge in [-0.3, -0.25) is 0 Å². The number of rotatable bonds is 6. The predicted octanol–water partition coefficient (Wildman–Crippen LogP) is 5.16. The van der Waals surface area contributed by atoms with Gasteiger partial charge < -0.3 is 5.32 Å². The molecule has 21 heavy (non-hydrogen) atoms. The van der Waals surface area contributed by atoms with E-state index in [1.54, 1.807) is 30.0 Å². The van der Waals surface area contributed by atoms with Crippen LogP contribution in [-0.4, -0.2) is 18.8 Å². The van der Waals surface area contributed by atoms with Gasteiger partial charge in [0.2, 0.25) is 0 Å². The average Bonchev–Trinajstić information content (AvgIpc) is 2.49. The van der Waals surface area contributed by atoms with Gasteiger partial charge in [0.25, 0.3) is 0 Å². The molecular formula is C16H16BrClFNS. The van der Waals surface area contributed by atoms with Crippen LogP contribution in [0.4, 0.5) is 4.39 Å².